The number of alkyl halides is 3. The second-order valence-electron chi connectivity index (χ2n) is 7.96. The topological polar surface area (TPSA) is 120 Å². The molecule has 0 spiro atoms. The smallest absolute Gasteiger partial charge is 0.416 e. The van der Waals surface area contributed by atoms with Gasteiger partial charge in [-0.05, 0) is 30.3 Å². The number of benzene rings is 2. The van der Waals surface area contributed by atoms with Gasteiger partial charge in [0.15, 0.2) is 26.4 Å². The summed E-state index contributed by atoms with van der Waals surface area (Å²) in [5.74, 6) is 0.787. The lowest BCUT2D eigenvalue weighted by molar-refractivity contribution is -0.137. The highest BCUT2D eigenvalue weighted by Gasteiger charge is 2.30. The van der Waals surface area contributed by atoms with Crippen molar-refractivity contribution in [1.29, 1.82) is 0 Å². The standard InChI is InChI=1S/C25H18F3N5O4S/c1-2-38(34,35)22-7-6-17(13-31-22)36-18-11-19-23(33-24(32-19)20-14-29-8-9-30-20)21(12-18)37-16-5-3-4-15(10-16)25(26,27)28/h3-14H,2H2,1H3,(H,32,33). The van der Waals surface area contributed by atoms with Crippen molar-refractivity contribution >= 4 is 20.9 Å². The van der Waals surface area contributed by atoms with Gasteiger partial charge in [-0.2, -0.15) is 13.2 Å². The Morgan fingerprint density at radius 1 is 0.921 bits per heavy atom. The number of hydrogen-bond donors (Lipinski definition) is 1. The summed E-state index contributed by atoms with van der Waals surface area (Å²) >= 11 is 0. The van der Waals surface area contributed by atoms with Crippen molar-refractivity contribution < 1.29 is 31.1 Å². The molecule has 0 radical (unpaired) electrons. The van der Waals surface area contributed by atoms with Crippen LogP contribution in [0.1, 0.15) is 12.5 Å². The van der Waals surface area contributed by atoms with Crippen LogP contribution in [0.25, 0.3) is 22.6 Å². The fraction of sp³-hybridized carbons (Fsp3) is 0.120. The first-order valence-electron chi connectivity index (χ1n) is 11.1. The van der Waals surface area contributed by atoms with Gasteiger partial charge in [-0.15, -0.1) is 0 Å². The average Bonchev–Trinajstić information content (AvgIpc) is 3.34. The number of aromatic amines is 1. The maximum atomic E-state index is 13.2. The van der Waals surface area contributed by atoms with Crippen LogP contribution in [0.15, 0.2) is 78.3 Å². The number of hydrogen-bond acceptors (Lipinski definition) is 8. The summed E-state index contributed by atoms with van der Waals surface area (Å²) in [5, 5.41) is -0.0847. The molecular formula is C25H18F3N5O4S. The third-order valence-corrected chi connectivity index (χ3v) is 7.00. The molecule has 9 nitrogen and oxygen atoms in total. The van der Waals surface area contributed by atoms with Gasteiger partial charge < -0.3 is 14.5 Å². The van der Waals surface area contributed by atoms with E-state index in [1.165, 1.54) is 62.0 Å². The van der Waals surface area contributed by atoms with Crippen LogP contribution in [0.2, 0.25) is 0 Å². The number of fused-ring (bicyclic) bond motifs is 1. The zero-order valence-electron chi connectivity index (χ0n) is 19.6. The van der Waals surface area contributed by atoms with Crippen molar-refractivity contribution in [3.63, 3.8) is 0 Å². The molecule has 0 aliphatic carbocycles. The monoisotopic (exact) mass is 541 g/mol. The van der Waals surface area contributed by atoms with E-state index in [0.717, 1.165) is 12.1 Å². The highest BCUT2D eigenvalue weighted by atomic mass is 32.2. The second kappa shape index (κ2) is 9.74. The molecule has 0 amide bonds. The van der Waals surface area contributed by atoms with Gasteiger partial charge in [-0.3, -0.25) is 4.98 Å². The molecule has 13 heteroatoms. The van der Waals surface area contributed by atoms with Crippen molar-refractivity contribution in [2.45, 2.75) is 18.1 Å². The average molecular weight is 542 g/mol. The number of nitrogens with zero attached hydrogens (tertiary/aromatic N) is 4. The van der Waals surface area contributed by atoms with Crippen molar-refractivity contribution in [2.75, 3.05) is 5.75 Å². The zero-order valence-corrected chi connectivity index (χ0v) is 20.4. The van der Waals surface area contributed by atoms with E-state index < -0.39 is 21.6 Å². The molecule has 0 aliphatic heterocycles. The van der Waals surface area contributed by atoms with E-state index in [9.17, 15) is 21.6 Å². The number of halogens is 3. The van der Waals surface area contributed by atoms with Gasteiger partial charge in [0.05, 0.1) is 29.2 Å². The normalized spacial score (nSPS) is 12.0. The number of rotatable bonds is 7. The predicted octanol–water partition coefficient (Wildman–Crippen LogP) is 5.81. The minimum atomic E-state index is -4.55. The van der Waals surface area contributed by atoms with E-state index in [0.29, 0.717) is 22.6 Å². The van der Waals surface area contributed by atoms with Gasteiger partial charge in [0.1, 0.15) is 28.5 Å². The van der Waals surface area contributed by atoms with E-state index in [1.807, 2.05) is 0 Å². The molecule has 0 bridgehead atoms. The molecule has 1 N–H and O–H groups in total. The molecule has 38 heavy (non-hydrogen) atoms. The van der Waals surface area contributed by atoms with Crippen LogP contribution < -0.4 is 9.47 Å². The molecule has 3 aromatic heterocycles. The van der Waals surface area contributed by atoms with Gasteiger partial charge in [0, 0.05) is 24.5 Å². The minimum absolute atomic E-state index is 0.0573. The van der Waals surface area contributed by atoms with E-state index in [2.05, 4.69) is 24.9 Å². The quantitative estimate of drug-likeness (QED) is 0.274. The fourth-order valence-electron chi connectivity index (χ4n) is 3.50. The molecule has 194 valence electrons. The largest absolute Gasteiger partial charge is 0.456 e. The first-order chi connectivity index (χ1) is 18.1. The van der Waals surface area contributed by atoms with Crippen LogP contribution >= 0.6 is 0 Å². The summed E-state index contributed by atoms with van der Waals surface area (Å²) in [6.07, 6.45) is 1.21. The lowest BCUT2D eigenvalue weighted by Gasteiger charge is -2.12. The Balaban J connectivity index is 1.55. The number of imidazole rings is 1. The lowest BCUT2D eigenvalue weighted by Crippen LogP contribution is -2.05. The summed E-state index contributed by atoms with van der Waals surface area (Å²) < 4.78 is 75.5. The Morgan fingerprint density at radius 3 is 2.45 bits per heavy atom. The van der Waals surface area contributed by atoms with Crippen LogP contribution in [0, 0.1) is 0 Å². The van der Waals surface area contributed by atoms with E-state index in [1.54, 1.807) is 6.07 Å². The molecule has 0 fully saturated rings. The predicted molar refractivity (Wildman–Crippen MR) is 131 cm³/mol. The Morgan fingerprint density at radius 2 is 1.76 bits per heavy atom. The van der Waals surface area contributed by atoms with Crippen LogP contribution in [0.5, 0.6) is 23.0 Å². The number of nitrogens with one attached hydrogen (secondary N) is 1. The van der Waals surface area contributed by atoms with E-state index >= 15 is 0 Å². The van der Waals surface area contributed by atoms with Gasteiger partial charge in [0.2, 0.25) is 0 Å². The van der Waals surface area contributed by atoms with Crippen LogP contribution in [0.4, 0.5) is 13.2 Å². The van der Waals surface area contributed by atoms with Crippen LogP contribution in [0.3, 0.4) is 0 Å². The maximum absolute atomic E-state index is 13.2. The molecule has 5 aromatic rings. The molecule has 0 saturated carbocycles. The Labute approximate surface area is 214 Å². The molecule has 0 unspecified atom stereocenters. The summed E-state index contributed by atoms with van der Waals surface area (Å²) in [5.41, 5.74) is 0.337. The Bertz CT molecular complexity index is 1710. The maximum Gasteiger partial charge on any atom is 0.416 e. The van der Waals surface area contributed by atoms with Crippen molar-refractivity contribution in [2.24, 2.45) is 0 Å². The Kier molecular flexibility index (Phi) is 6.45. The zero-order chi connectivity index (χ0) is 26.9. The first-order valence-corrected chi connectivity index (χ1v) is 12.8. The van der Waals surface area contributed by atoms with Crippen LogP contribution in [-0.4, -0.2) is 39.1 Å². The molecule has 0 atom stereocenters. The summed E-state index contributed by atoms with van der Waals surface area (Å²) in [4.78, 5) is 19.8. The van der Waals surface area contributed by atoms with Gasteiger partial charge in [-0.25, -0.2) is 23.4 Å². The SMILES string of the molecule is CCS(=O)(=O)c1ccc(Oc2cc(Oc3cccc(C(F)(F)F)c3)c3nc(-c4cnccn4)[nH]c3c2)cn1. The second-order valence-corrected chi connectivity index (χ2v) is 10.2. The molecule has 2 aromatic carbocycles. The molecule has 3 heterocycles. The number of sulfone groups is 1. The van der Waals surface area contributed by atoms with E-state index in [-0.39, 0.29) is 33.8 Å². The fourth-order valence-corrected chi connectivity index (χ4v) is 4.28. The molecule has 5 rings (SSSR count). The van der Waals surface area contributed by atoms with Crippen molar-refractivity contribution in [3.8, 4) is 34.5 Å². The van der Waals surface area contributed by atoms with Gasteiger partial charge in [0.25, 0.3) is 0 Å². The van der Waals surface area contributed by atoms with Crippen molar-refractivity contribution in [1.82, 2.24) is 24.9 Å². The number of ether oxygens (including phenoxy) is 2. The highest BCUT2D eigenvalue weighted by molar-refractivity contribution is 7.91. The third kappa shape index (κ3) is 5.27. The van der Waals surface area contributed by atoms with Gasteiger partial charge >= 0.3 is 6.18 Å². The molecule has 0 aliphatic rings. The highest BCUT2D eigenvalue weighted by Crippen LogP contribution is 2.38. The summed E-state index contributed by atoms with van der Waals surface area (Å²) in [6.45, 7) is 1.52. The molecule has 0 saturated heterocycles. The lowest BCUT2D eigenvalue weighted by atomic mass is 10.2. The van der Waals surface area contributed by atoms with Gasteiger partial charge in [-0.1, -0.05) is 13.0 Å². The summed E-state index contributed by atoms with van der Waals surface area (Å²) in [7, 11) is -3.49. The Hall–Kier alpha value is -4.52. The number of aromatic nitrogens is 5. The van der Waals surface area contributed by atoms with Crippen LogP contribution in [-0.2, 0) is 16.0 Å². The van der Waals surface area contributed by atoms with E-state index in [4.69, 9.17) is 9.47 Å². The molecular weight excluding hydrogens is 523 g/mol. The third-order valence-electron chi connectivity index (χ3n) is 5.36. The number of pyridine rings is 1. The van der Waals surface area contributed by atoms with Crippen molar-refractivity contribution in [3.05, 3.63) is 78.9 Å². The summed E-state index contributed by atoms with van der Waals surface area (Å²) in [6, 6.07) is 10.3. The first kappa shape index (κ1) is 25.1. The number of H-pyrrole nitrogens is 1. The minimum Gasteiger partial charge on any atom is -0.456 e.